The molecule has 0 aliphatic carbocycles. The van der Waals surface area contributed by atoms with Crippen LogP contribution in [0.15, 0.2) is 102 Å². The fraction of sp³-hybridized carbons (Fsp3) is 0.257. The maximum atomic E-state index is 14.5. The van der Waals surface area contributed by atoms with Gasteiger partial charge in [-0.1, -0.05) is 114 Å². The van der Waals surface area contributed by atoms with Gasteiger partial charge in [0.25, 0.3) is 10.0 Å². The Bertz CT molecular complexity index is 1750. The quantitative estimate of drug-likeness (QED) is 0.137. The van der Waals surface area contributed by atoms with Gasteiger partial charge in [0, 0.05) is 24.5 Å². The Morgan fingerprint density at radius 2 is 1.50 bits per heavy atom. The van der Waals surface area contributed by atoms with E-state index in [0.29, 0.717) is 17.1 Å². The lowest BCUT2D eigenvalue weighted by Crippen LogP contribution is -2.53. The number of sulfonamides is 1. The van der Waals surface area contributed by atoms with Gasteiger partial charge in [0.1, 0.15) is 12.6 Å². The number of nitrogens with zero attached hydrogens (tertiary/aromatic N) is 2. The van der Waals surface area contributed by atoms with Crippen molar-refractivity contribution >= 4 is 62.3 Å². The molecule has 0 aromatic heterocycles. The largest absolute Gasteiger partial charge is 0.354 e. The molecule has 1 atom stereocenters. The fourth-order valence-electron chi connectivity index (χ4n) is 4.88. The first-order valence-corrected chi connectivity index (χ1v) is 17.5. The number of carbonyl (C=O) groups excluding carboxylic acids is 2. The molecule has 0 aliphatic heterocycles. The van der Waals surface area contributed by atoms with E-state index in [0.717, 1.165) is 28.3 Å². The third kappa shape index (κ3) is 9.04. The molecule has 1 N–H and O–H groups in total. The number of benzene rings is 4. The van der Waals surface area contributed by atoms with Crippen LogP contribution >= 0.6 is 34.8 Å². The Labute approximate surface area is 286 Å². The molecule has 0 fully saturated rings. The molecule has 0 saturated heterocycles. The second-order valence-corrected chi connectivity index (χ2v) is 14.0. The van der Waals surface area contributed by atoms with Crippen LogP contribution in [-0.2, 0) is 32.6 Å². The molecular weight excluding hydrogens is 665 g/mol. The summed E-state index contributed by atoms with van der Waals surface area (Å²) < 4.78 is 29.3. The van der Waals surface area contributed by atoms with Crippen LogP contribution in [0.4, 0.5) is 5.69 Å². The highest BCUT2D eigenvalue weighted by Crippen LogP contribution is 2.31. The second-order valence-electron chi connectivity index (χ2n) is 10.9. The van der Waals surface area contributed by atoms with Crippen LogP contribution in [-0.4, -0.2) is 44.3 Å². The number of halogens is 3. The smallest absolute Gasteiger partial charge is 0.264 e. The zero-order valence-corrected chi connectivity index (χ0v) is 28.7. The highest BCUT2D eigenvalue weighted by atomic mass is 35.5. The molecule has 0 radical (unpaired) electrons. The van der Waals surface area contributed by atoms with E-state index in [2.05, 4.69) is 5.32 Å². The summed E-state index contributed by atoms with van der Waals surface area (Å²) in [4.78, 5) is 29.8. The molecule has 4 aromatic rings. The van der Waals surface area contributed by atoms with Crippen molar-refractivity contribution in [2.24, 2.45) is 0 Å². The molecule has 0 unspecified atom stereocenters. The van der Waals surface area contributed by atoms with E-state index in [9.17, 15) is 18.0 Å². The van der Waals surface area contributed by atoms with E-state index < -0.39 is 28.5 Å². The number of anilines is 1. The SMILES string of the molecule is CCCCNC(=O)[C@@H](Cc1ccccc1)N(Cc1ccccc1Cl)C(=O)CN(c1ccc(Cl)c(Cl)c1)S(=O)(=O)c1ccc(C)cc1. The Morgan fingerprint density at radius 3 is 2.15 bits per heavy atom. The predicted octanol–water partition coefficient (Wildman–Crippen LogP) is 7.71. The number of unbranched alkanes of at least 4 members (excludes halogenated alkanes) is 1. The van der Waals surface area contributed by atoms with E-state index >= 15 is 0 Å². The fourth-order valence-corrected chi connectivity index (χ4v) is 6.77. The Balaban J connectivity index is 1.81. The third-order valence-corrected chi connectivity index (χ3v) is 10.4. The zero-order chi connectivity index (χ0) is 33.3. The van der Waals surface area contributed by atoms with Crippen LogP contribution < -0.4 is 9.62 Å². The molecule has 0 spiro atoms. The minimum absolute atomic E-state index is 0.00669. The maximum Gasteiger partial charge on any atom is 0.264 e. The molecule has 2 amide bonds. The van der Waals surface area contributed by atoms with Crippen molar-refractivity contribution < 1.29 is 18.0 Å². The Kier molecular flexibility index (Phi) is 12.5. The van der Waals surface area contributed by atoms with E-state index in [1.165, 1.54) is 35.2 Å². The van der Waals surface area contributed by atoms with Crippen LogP contribution in [0.1, 0.15) is 36.5 Å². The number of rotatable bonds is 14. The lowest BCUT2D eigenvalue weighted by atomic mass is 10.0. The number of hydrogen-bond donors (Lipinski definition) is 1. The van der Waals surface area contributed by atoms with Gasteiger partial charge in [-0.15, -0.1) is 0 Å². The van der Waals surface area contributed by atoms with Crippen LogP contribution in [0.2, 0.25) is 15.1 Å². The minimum Gasteiger partial charge on any atom is -0.354 e. The highest BCUT2D eigenvalue weighted by Gasteiger charge is 2.35. The first-order chi connectivity index (χ1) is 22.0. The lowest BCUT2D eigenvalue weighted by molar-refractivity contribution is -0.140. The molecule has 4 aromatic carbocycles. The number of nitrogens with one attached hydrogen (secondary N) is 1. The Hall–Kier alpha value is -3.56. The molecule has 0 saturated carbocycles. The van der Waals surface area contributed by atoms with E-state index in [-0.39, 0.29) is 39.5 Å². The topological polar surface area (TPSA) is 86.8 Å². The summed E-state index contributed by atoms with van der Waals surface area (Å²) in [5.74, 6) is -0.951. The van der Waals surface area contributed by atoms with Crippen LogP contribution in [0.25, 0.3) is 0 Å². The maximum absolute atomic E-state index is 14.5. The summed E-state index contributed by atoms with van der Waals surface area (Å²) in [5.41, 5.74) is 2.47. The van der Waals surface area contributed by atoms with Crippen LogP contribution in [0.5, 0.6) is 0 Å². The summed E-state index contributed by atoms with van der Waals surface area (Å²) in [6.45, 7) is 3.66. The standard InChI is InChI=1S/C35H36Cl3N3O4S/c1-3-4-20-39-35(43)33(21-26-10-6-5-7-11-26)40(23-27-12-8-9-13-30(27)36)34(42)24-41(28-16-19-31(37)32(38)22-28)46(44,45)29-17-14-25(2)15-18-29/h5-19,22,33H,3-4,20-21,23-24H2,1-2H3,(H,39,43)/t33-/m1/s1. The minimum atomic E-state index is -4.28. The molecule has 46 heavy (non-hydrogen) atoms. The van der Waals surface area contributed by atoms with Crippen molar-refractivity contribution in [3.63, 3.8) is 0 Å². The van der Waals surface area contributed by atoms with Gasteiger partial charge < -0.3 is 10.2 Å². The molecular formula is C35H36Cl3N3O4S. The first kappa shape index (κ1) is 35.3. The van der Waals surface area contributed by atoms with Crippen LogP contribution in [0.3, 0.4) is 0 Å². The highest BCUT2D eigenvalue weighted by molar-refractivity contribution is 7.92. The number of carbonyl (C=O) groups is 2. The summed E-state index contributed by atoms with van der Waals surface area (Å²) in [6.07, 6.45) is 1.84. The van der Waals surface area contributed by atoms with Crippen molar-refractivity contribution in [1.29, 1.82) is 0 Å². The Morgan fingerprint density at radius 1 is 0.826 bits per heavy atom. The number of amides is 2. The molecule has 0 bridgehead atoms. The summed E-state index contributed by atoms with van der Waals surface area (Å²) in [6, 6.07) is 26.1. The number of hydrogen-bond acceptors (Lipinski definition) is 4. The molecule has 242 valence electrons. The monoisotopic (exact) mass is 699 g/mol. The van der Waals surface area contributed by atoms with Crippen molar-refractivity contribution in [2.45, 2.75) is 50.6 Å². The predicted molar refractivity (Wildman–Crippen MR) is 186 cm³/mol. The van der Waals surface area contributed by atoms with Crippen LogP contribution in [0, 0.1) is 6.92 Å². The van der Waals surface area contributed by atoms with Gasteiger partial charge in [-0.05, 0) is 60.9 Å². The average Bonchev–Trinajstić information content (AvgIpc) is 3.04. The lowest BCUT2D eigenvalue weighted by Gasteiger charge is -2.34. The normalized spacial score (nSPS) is 11.9. The molecule has 4 rings (SSSR count). The molecule has 0 heterocycles. The van der Waals surface area contributed by atoms with Gasteiger partial charge in [-0.3, -0.25) is 13.9 Å². The number of aryl methyl sites for hydroxylation is 1. The van der Waals surface area contributed by atoms with E-state index in [4.69, 9.17) is 34.8 Å². The van der Waals surface area contributed by atoms with E-state index in [1.807, 2.05) is 44.2 Å². The average molecular weight is 701 g/mol. The van der Waals surface area contributed by atoms with Gasteiger partial charge >= 0.3 is 0 Å². The molecule has 7 nitrogen and oxygen atoms in total. The molecule has 0 aliphatic rings. The first-order valence-electron chi connectivity index (χ1n) is 14.9. The van der Waals surface area contributed by atoms with E-state index in [1.54, 1.807) is 36.4 Å². The summed E-state index contributed by atoms with van der Waals surface area (Å²) in [5, 5.41) is 3.74. The third-order valence-electron chi connectivity index (χ3n) is 7.48. The van der Waals surface area contributed by atoms with Gasteiger partial charge in [0.05, 0.1) is 20.6 Å². The zero-order valence-electron chi connectivity index (χ0n) is 25.6. The second kappa shape index (κ2) is 16.3. The molecule has 11 heteroatoms. The van der Waals surface area contributed by atoms with Crippen molar-refractivity contribution in [2.75, 3.05) is 17.4 Å². The van der Waals surface area contributed by atoms with Crippen molar-refractivity contribution in [3.8, 4) is 0 Å². The van der Waals surface area contributed by atoms with Gasteiger partial charge in [-0.2, -0.15) is 0 Å². The van der Waals surface area contributed by atoms with Crippen molar-refractivity contribution in [1.82, 2.24) is 10.2 Å². The van der Waals surface area contributed by atoms with Gasteiger partial charge in [0.15, 0.2) is 0 Å². The van der Waals surface area contributed by atoms with Gasteiger partial charge in [0.2, 0.25) is 11.8 Å². The summed E-state index contributed by atoms with van der Waals surface area (Å²) >= 11 is 19.0. The summed E-state index contributed by atoms with van der Waals surface area (Å²) in [7, 11) is -4.28. The van der Waals surface area contributed by atoms with Gasteiger partial charge in [-0.25, -0.2) is 8.42 Å². The van der Waals surface area contributed by atoms with Crippen molar-refractivity contribution in [3.05, 3.63) is 129 Å².